The number of fused-ring (bicyclic) bond motifs is 6. The van der Waals surface area contributed by atoms with Crippen molar-refractivity contribution in [2.24, 2.45) is 0 Å². The highest BCUT2D eigenvalue weighted by Crippen LogP contribution is 2.55. The van der Waals surface area contributed by atoms with E-state index in [0.29, 0.717) is 5.92 Å². The van der Waals surface area contributed by atoms with Crippen LogP contribution < -0.4 is 4.90 Å². The highest BCUT2D eigenvalue weighted by molar-refractivity contribution is 5.90. The summed E-state index contributed by atoms with van der Waals surface area (Å²) in [5.74, 6) is 0.395. The number of hydrogen-bond acceptors (Lipinski definition) is 1. The van der Waals surface area contributed by atoms with Crippen molar-refractivity contribution in [3.05, 3.63) is 232 Å². The van der Waals surface area contributed by atoms with Crippen molar-refractivity contribution < 1.29 is 0 Å². The van der Waals surface area contributed by atoms with Crippen molar-refractivity contribution in [2.45, 2.75) is 113 Å². The van der Waals surface area contributed by atoms with Crippen molar-refractivity contribution >= 4 is 5.69 Å². The monoisotopic (exact) mass is 818 g/mol. The van der Waals surface area contributed by atoms with Crippen molar-refractivity contribution in [1.82, 2.24) is 0 Å². The van der Waals surface area contributed by atoms with E-state index in [1.54, 1.807) is 6.08 Å². The van der Waals surface area contributed by atoms with Gasteiger partial charge in [0.25, 0.3) is 0 Å². The maximum atomic E-state index is 4.26. The van der Waals surface area contributed by atoms with E-state index in [-0.39, 0.29) is 10.8 Å². The number of anilines is 1. The van der Waals surface area contributed by atoms with E-state index < -0.39 is 0 Å². The molecule has 4 aromatic rings. The van der Waals surface area contributed by atoms with Crippen LogP contribution >= 0.6 is 0 Å². The SMILES string of the molecule is C=C/C=C\C(=C)/C(C)=C/C(=C\C)C(/C=C)=C/C=C(\C)N(C1=CCC2C(=C1)C(C)(C)c1ccccc12)c1ccc2c(c1)-c1c(ccc(-c3ccccc3C)c1C)C2(C)C.CC.CC. The van der Waals surface area contributed by atoms with E-state index in [4.69, 9.17) is 0 Å². The maximum absolute atomic E-state index is 4.26. The molecule has 3 aliphatic carbocycles. The van der Waals surface area contributed by atoms with Crippen LogP contribution in [0, 0.1) is 13.8 Å². The van der Waals surface area contributed by atoms with Crippen LogP contribution in [0.25, 0.3) is 22.3 Å². The van der Waals surface area contributed by atoms with E-state index in [1.165, 1.54) is 66.9 Å². The Morgan fingerprint density at radius 3 is 2.10 bits per heavy atom. The molecular weight excluding hydrogens is 747 g/mol. The summed E-state index contributed by atoms with van der Waals surface area (Å²) in [6, 6.07) is 29.7. The van der Waals surface area contributed by atoms with Crippen LogP contribution in [0.15, 0.2) is 199 Å². The molecule has 0 saturated carbocycles. The molecule has 3 aliphatic rings. The molecule has 1 nitrogen and oxygen atoms in total. The summed E-state index contributed by atoms with van der Waals surface area (Å²) in [5.41, 5.74) is 22.6. The van der Waals surface area contributed by atoms with Crippen LogP contribution in [-0.4, -0.2) is 0 Å². The lowest BCUT2D eigenvalue weighted by molar-refractivity contribution is 0.609. The highest BCUT2D eigenvalue weighted by atomic mass is 15.1. The lowest BCUT2D eigenvalue weighted by Crippen LogP contribution is -2.24. The Hall–Kier alpha value is -5.92. The first-order chi connectivity index (χ1) is 29.7. The van der Waals surface area contributed by atoms with Crippen molar-refractivity contribution in [3.63, 3.8) is 0 Å². The fourth-order valence-electron chi connectivity index (χ4n) is 9.69. The minimum absolute atomic E-state index is 0.0557. The molecule has 0 aliphatic heterocycles. The number of benzene rings is 4. The Morgan fingerprint density at radius 2 is 1.42 bits per heavy atom. The Labute approximate surface area is 376 Å². The molecule has 4 aromatic carbocycles. The van der Waals surface area contributed by atoms with Crippen molar-refractivity contribution in [2.75, 3.05) is 4.90 Å². The van der Waals surface area contributed by atoms with E-state index in [2.05, 4.69) is 202 Å². The maximum Gasteiger partial charge on any atom is 0.0464 e. The van der Waals surface area contributed by atoms with Gasteiger partial charge in [0.2, 0.25) is 0 Å². The third-order valence-corrected chi connectivity index (χ3v) is 13.0. The molecule has 7 rings (SSSR count). The van der Waals surface area contributed by atoms with Crippen LogP contribution in [-0.2, 0) is 10.8 Å². The average molecular weight is 818 g/mol. The second kappa shape index (κ2) is 19.9. The highest BCUT2D eigenvalue weighted by Gasteiger charge is 2.43. The van der Waals surface area contributed by atoms with Crippen LogP contribution in [0.2, 0.25) is 0 Å². The fraction of sp³-hybridized carbons (Fsp3) is 0.279. The van der Waals surface area contributed by atoms with Crippen LogP contribution in [0.5, 0.6) is 0 Å². The van der Waals surface area contributed by atoms with Gasteiger partial charge in [-0.25, -0.2) is 0 Å². The van der Waals surface area contributed by atoms with Gasteiger partial charge >= 0.3 is 0 Å². The molecule has 0 fully saturated rings. The molecule has 1 heteroatoms. The number of hydrogen-bond donors (Lipinski definition) is 0. The van der Waals surface area contributed by atoms with Gasteiger partial charge < -0.3 is 4.90 Å². The van der Waals surface area contributed by atoms with Gasteiger partial charge in [-0.2, -0.15) is 0 Å². The third kappa shape index (κ3) is 8.73. The summed E-state index contributed by atoms with van der Waals surface area (Å²) in [5, 5.41) is 0. The Kier molecular flexibility index (Phi) is 15.1. The topological polar surface area (TPSA) is 3.24 Å². The molecule has 0 aromatic heterocycles. The van der Waals surface area contributed by atoms with E-state index in [1.807, 2.05) is 45.9 Å². The number of nitrogens with zero attached hydrogens (tertiary/aromatic N) is 1. The fourth-order valence-corrected chi connectivity index (χ4v) is 9.69. The molecule has 0 radical (unpaired) electrons. The number of rotatable bonds is 11. The van der Waals surface area contributed by atoms with Gasteiger partial charge in [-0.1, -0.05) is 196 Å². The summed E-state index contributed by atoms with van der Waals surface area (Å²) >= 11 is 0. The first-order valence-corrected chi connectivity index (χ1v) is 22.8. The number of allylic oxidation sites excluding steroid dienone is 16. The van der Waals surface area contributed by atoms with Gasteiger partial charge in [-0.05, 0) is 143 Å². The van der Waals surface area contributed by atoms with Crippen molar-refractivity contribution in [1.29, 1.82) is 0 Å². The summed E-state index contributed by atoms with van der Waals surface area (Å²) in [6.07, 6.45) is 22.3. The summed E-state index contributed by atoms with van der Waals surface area (Å²) in [4.78, 5) is 2.48. The molecule has 0 spiro atoms. The Bertz CT molecular complexity index is 2580. The van der Waals surface area contributed by atoms with Gasteiger partial charge in [-0.15, -0.1) is 0 Å². The molecular formula is C61H71N. The smallest absolute Gasteiger partial charge is 0.0464 e. The standard InChI is InChI=1S/C57H59N.2C2H6/c1-13-16-21-37(4)39(6)34-43(15-3)42(14-2)27-26-40(7)58(45-28-30-49-48-24-19-20-25-51(48)57(11,12)54(49)36-45)44-29-32-52-50(35-44)55-41(8)47(31-33-53(55)56(52,9)10)46-23-18-17-22-38(46)5;2*1-2/h13-29,31-36,49H,1-2,4,30H2,3,5-12H3;2*1-2H3/b21-16-,39-34+,40-26+,42-27+,43-15+;;. The van der Waals surface area contributed by atoms with E-state index >= 15 is 0 Å². The zero-order chi connectivity index (χ0) is 45.5. The Balaban J connectivity index is 0.00000176. The zero-order valence-electron chi connectivity index (χ0n) is 40.1. The second-order valence-corrected chi connectivity index (χ2v) is 17.2. The normalized spacial score (nSPS) is 17.2. The largest absolute Gasteiger partial charge is 0.315 e. The number of aryl methyl sites for hydroxylation is 1. The van der Waals surface area contributed by atoms with Gasteiger partial charge in [-0.3, -0.25) is 0 Å². The molecule has 62 heavy (non-hydrogen) atoms. The molecule has 1 unspecified atom stereocenters. The van der Waals surface area contributed by atoms with Crippen LogP contribution in [0.3, 0.4) is 0 Å². The zero-order valence-corrected chi connectivity index (χ0v) is 40.1. The average Bonchev–Trinajstić information content (AvgIpc) is 3.66. The van der Waals surface area contributed by atoms with Gasteiger partial charge in [0.1, 0.15) is 0 Å². The minimum atomic E-state index is -0.115. The summed E-state index contributed by atoms with van der Waals surface area (Å²) in [7, 11) is 0. The molecule has 0 saturated heterocycles. The summed E-state index contributed by atoms with van der Waals surface area (Å²) < 4.78 is 0. The lowest BCUT2D eigenvalue weighted by atomic mass is 9.78. The lowest BCUT2D eigenvalue weighted by Gasteiger charge is -2.33. The third-order valence-electron chi connectivity index (χ3n) is 13.0. The molecule has 0 bridgehead atoms. The van der Waals surface area contributed by atoms with Gasteiger partial charge in [0, 0.05) is 33.8 Å². The Morgan fingerprint density at radius 1 is 0.742 bits per heavy atom. The van der Waals surface area contributed by atoms with Crippen LogP contribution in [0.4, 0.5) is 5.69 Å². The van der Waals surface area contributed by atoms with Crippen LogP contribution in [0.1, 0.15) is 122 Å². The van der Waals surface area contributed by atoms with E-state index in [9.17, 15) is 0 Å². The van der Waals surface area contributed by atoms with Gasteiger partial charge in [0.05, 0.1) is 0 Å². The molecule has 0 N–H and O–H groups in total. The minimum Gasteiger partial charge on any atom is -0.315 e. The predicted octanol–water partition coefficient (Wildman–Crippen LogP) is 17.6. The molecule has 320 valence electrons. The second-order valence-electron chi connectivity index (χ2n) is 17.2. The van der Waals surface area contributed by atoms with Gasteiger partial charge in [0.15, 0.2) is 0 Å². The predicted molar refractivity (Wildman–Crippen MR) is 275 cm³/mol. The first kappa shape index (κ1) is 47.1. The molecule has 0 amide bonds. The van der Waals surface area contributed by atoms with Crippen molar-refractivity contribution in [3.8, 4) is 22.3 Å². The molecule has 0 heterocycles. The summed E-state index contributed by atoms with van der Waals surface area (Å²) in [6.45, 7) is 40.8. The van der Waals surface area contributed by atoms with E-state index in [0.717, 1.165) is 40.1 Å². The quantitative estimate of drug-likeness (QED) is 0.136. The molecule has 1 atom stereocenters. The first-order valence-electron chi connectivity index (χ1n) is 22.8.